The molecule has 3 nitrogen and oxygen atoms in total. The predicted molar refractivity (Wildman–Crippen MR) is 101 cm³/mol. The largest absolute Gasteiger partial charge is 0.350 e. The van der Waals surface area contributed by atoms with Crippen LogP contribution in [0.1, 0.15) is 47.6 Å². The minimum atomic E-state index is -0.591. The summed E-state index contributed by atoms with van der Waals surface area (Å²) in [5, 5.41) is 7.20. The SMILES string of the molecule is O=C(NC[C@H](c1ccsc1)N1CCCCCC1)c1c(F)cccc1Cl. The smallest absolute Gasteiger partial charge is 0.255 e. The quantitative estimate of drug-likeness (QED) is 0.801. The van der Waals surface area contributed by atoms with Gasteiger partial charge < -0.3 is 5.32 Å². The number of carbonyl (C=O) groups is 1. The van der Waals surface area contributed by atoms with Gasteiger partial charge in [0.1, 0.15) is 5.82 Å². The van der Waals surface area contributed by atoms with Gasteiger partial charge >= 0.3 is 0 Å². The van der Waals surface area contributed by atoms with Gasteiger partial charge in [-0.1, -0.05) is 30.5 Å². The molecule has 1 amide bonds. The standard InChI is InChI=1S/C19H22ClFN2OS/c20-15-6-5-7-16(21)18(15)19(24)22-12-17(14-8-11-25-13-14)23-9-3-1-2-4-10-23/h5-8,11,13,17H,1-4,9-10,12H2,(H,22,24)/t17-/m1/s1. The molecule has 1 aliphatic heterocycles. The van der Waals surface area contributed by atoms with E-state index in [0.717, 1.165) is 13.1 Å². The van der Waals surface area contributed by atoms with E-state index in [0.29, 0.717) is 6.54 Å². The number of likely N-dealkylation sites (tertiary alicyclic amines) is 1. The highest BCUT2D eigenvalue weighted by atomic mass is 35.5. The Morgan fingerprint density at radius 1 is 1.24 bits per heavy atom. The minimum absolute atomic E-state index is 0.0795. The maximum Gasteiger partial charge on any atom is 0.255 e. The Hall–Kier alpha value is -1.43. The maximum atomic E-state index is 14.0. The van der Waals surface area contributed by atoms with Crippen LogP contribution in [-0.4, -0.2) is 30.4 Å². The van der Waals surface area contributed by atoms with Gasteiger partial charge in [-0.05, 0) is 60.5 Å². The second kappa shape index (κ2) is 8.79. The van der Waals surface area contributed by atoms with Gasteiger partial charge in [-0.15, -0.1) is 0 Å². The summed E-state index contributed by atoms with van der Waals surface area (Å²) in [7, 11) is 0. The Labute approximate surface area is 156 Å². The fourth-order valence-corrected chi connectivity index (χ4v) is 4.28. The summed E-state index contributed by atoms with van der Waals surface area (Å²) in [6.45, 7) is 2.49. The molecule has 0 spiro atoms. The molecule has 1 aliphatic rings. The van der Waals surface area contributed by atoms with Crippen LogP contribution in [0.25, 0.3) is 0 Å². The molecule has 6 heteroatoms. The third-order valence-electron chi connectivity index (χ3n) is 4.66. The Balaban J connectivity index is 1.73. The monoisotopic (exact) mass is 380 g/mol. The second-order valence-corrected chi connectivity index (χ2v) is 7.52. The molecule has 1 N–H and O–H groups in total. The first kappa shape index (κ1) is 18.4. The summed E-state index contributed by atoms with van der Waals surface area (Å²) in [6.07, 6.45) is 4.86. The predicted octanol–water partition coefficient (Wildman–Crippen LogP) is 4.89. The molecule has 1 saturated heterocycles. The van der Waals surface area contributed by atoms with Crippen LogP contribution >= 0.6 is 22.9 Å². The molecular formula is C19H22ClFN2OS. The third-order valence-corrected chi connectivity index (χ3v) is 5.67. The van der Waals surface area contributed by atoms with Crippen molar-refractivity contribution >= 4 is 28.8 Å². The van der Waals surface area contributed by atoms with Crippen molar-refractivity contribution in [1.29, 1.82) is 0 Å². The Morgan fingerprint density at radius 3 is 2.64 bits per heavy atom. The van der Waals surface area contributed by atoms with Gasteiger partial charge in [-0.2, -0.15) is 11.3 Å². The van der Waals surface area contributed by atoms with Crippen molar-refractivity contribution in [3.63, 3.8) is 0 Å². The number of rotatable bonds is 5. The van der Waals surface area contributed by atoms with Crippen LogP contribution in [0, 0.1) is 5.82 Å². The van der Waals surface area contributed by atoms with Crippen LogP contribution in [0.3, 0.4) is 0 Å². The summed E-state index contributed by atoms with van der Waals surface area (Å²) in [6, 6.07) is 6.50. The summed E-state index contributed by atoms with van der Waals surface area (Å²) >= 11 is 7.65. The molecule has 134 valence electrons. The van der Waals surface area contributed by atoms with Gasteiger partial charge in [0.05, 0.1) is 16.6 Å². The number of thiophene rings is 1. The fourth-order valence-electron chi connectivity index (χ4n) is 3.32. The van der Waals surface area contributed by atoms with Crippen LogP contribution in [-0.2, 0) is 0 Å². The van der Waals surface area contributed by atoms with Crippen LogP contribution in [0.15, 0.2) is 35.0 Å². The molecule has 1 atom stereocenters. The average Bonchev–Trinajstić information content (AvgIpc) is 2.98. The van der Waals surface area contributed by atoms with E-state index in [9.17, 15) is 9.18 Å². The Bertz CT molecular complexity index is 679. The van der Waals surface area contributed by atoms with Crippen LogP contribution < -0.4 is 5.32 Å². The van der Waals surface area contributed by atoms with E-state index in [1.807, 2.05) is 0 Å². The molecule has 1 aromatic carbocycles. The third kappa shape index (κ3) is 4.60. The second-order valence-electron chi connectivity index (χ2n) is 6.33. The fraction of sp³-hybridized carbons (Fsp3) is 0.421. The zero-order valence-corrected chi connectivity index (χ0v) is 15.6. The first-order chi connectivity index (χ1) is 12.2. The number of halogens is 2. The molecule has 2 aromatic rings. The van der Waals surface area contributed by atoms with E-state index in [2.05, 4.69) is 27.0 Å². The lowest BCUT2D eigenvalue weighted by atomic mass is 10.1. The first-order valence-corrected chi connectivity index (χ1v) is 9.97. The molecule has 0 aliphatic carbocycles. The number of nitrogens with zero attached hydrogens (tertiary/aromatic N) is 1. The molecule has 0 unspecified atom stereocenters. The normalized spacial score (nSPS) is 17.0. The lowest BCUT2D eigenvalue weighted by Gasteiger charge is -2.30. The van der Waals surface area contributed by atoms with Gasteiger partial charge in [0.2, 0.25) is 0 Å². The topological polar surface area (TPSA) is 32.3 Å². The van der Waals surface area contributed by atoms with Crippen LogP contribution in [0.4, 0.5) is 4.39 Å². The van der Waals surface area contributed by atoms with Gasteiger partial charge in [-0.25, -0.2) is 4.39 Å². The van der Waals surface area contributed by atoms with Crippen molar-refractivity contribution in [3.05, 3.63) is 57.0 Å². The molecule has 1 fully saturated rings. The summed E-state index contributed by atoms with van der Waals surface area (Å²) in [4.78, 5) is 14.9. The van der Waals surface area contributed by atoms with Gasteiger partial charge in [0.25, 0.3) is 5.91 Å². The van der Waals surface area contributed by atoms with E-state index in [1.54, 1.807) is 11.3 Å². The van der Waals surface area contributed by atoms with Crippen molar-refractivity contribution in [2.75, 3.05) is 19.6 Å². The zero-order chi connectivity index (χ0) is 17.6. The molecule has 2 heterocycles. The lowest BCUT2D eigenvalue weighted by Crippen LogP contribution is -2.38. The number of carbonyl (C=O) groups excluding carboxylic acids is 1. The van der Waals surface area contributed by atoms with Gasteiger partial charge in [0, 0.05) is 6.54 Å². The average molecular weight is 381 g/mol. The molecule has 0 bridgehead atoms. The van der Waals surface area contributed by atoms with Gasteiger partial charge in [-0.3, -0.25) is 9.69 Å². The van der Waals surface area contributed by atoms with Crippen molar-refractivity contribution in [3.8, 4) is 0 Å². The van der Waals surface area contributed by atoms with Crippen molar-refractivity contribution in [2.24, 2.45) is 0 Å². The maximum absolute atomic E-state index is 14.0. The number of hydrogen-bond acceptors (Lipinski definition) is 3. The molecule has 1 aromatic heterocycles. The van der Waals surface area contributed by atoms with E-state index < -0.39 is 11.7 Å². The molecule has 3 rings (SSSR count). The van der Waals surface area contributed by atoms with E-state index in [-0.39, 0.29) is 16.6 Å². The van der Waals surface area contributed by atoms with E-state index >= 15 is 0 Å². The molecule has 0 saturated carbocycles. The molecule has 0 radical (unpaired) electrons. The molecule has 25 heavy (non-hydrogen) atoms. The van der Waals surface area contributed by atoms with E-state index in [1.165, 1.54) is 49.4 Å². The summed E-state index contributed by atoms with van der Waals surface area (Å²) < 4.78 is 14.0. The minimum Gasteiger partial charge on any atom is -0.350 e. The van der Waals surface area contributed by atoms with Crippen LogP contribution in [0.2, 0.25) is 5.02 Å². The highest BCUT2D eigenvalue weighted by molar-refractivity contribution is 7.07. The highest BCUT2D eigenvalue weighted by Gasteiger charge is 2.24. The number of hydrogen-bond donors (Lipinski definition) is 1. The number of benzene rings is 1. The number of nitrogens with one attached hydrogen (secondary N) is 1. The van der Waals surface area contributed by atoms with Crippen molar-refractivity contribution < 1.29 is 9.18 Å². The zero-order valence-electron chi connectivity index (χ0n) is 14.0. The Kier molecular flexibility index (Phi) is 6.45. The highest BCUT2D eigenvalue weighted by Crippen LogP contribution is 2.26. The summed E-state index contributed by atoms with van der Waals surface area (Å²) in [5.74, 6) is -1.05. The summed E-state index contributed by atoms with van der Waals surface area (Å²) in [5.41, 5.74) is 1.12. The van der Waals surface area contributed by atoms with Crippen molar-refractivity contribution in [2.45, 2.75) is 31.7 Å². The Morgan fingerprint density at radius 2 is 2.00 bits per heavy atom. The first-order valence-electron chi connectivity index (χ1n) is 8.65. The van der Waals surface area contributed by atoms with Crippen LogP contribution in [0.5, 0.6) is 0 Å². The van der Waals surface area contributed by atoms with Crippen molar-refractivity contribution in [1.82, 2.24) is 10.2 Å². The molecular weight excluding hydrogens is 359 g/mol. The lowest BCUT2D eigenvalue weighted by molar-refractivity contribution is 0.0929. The van der Waals surface area contributed by atoms with E-state index in [4.69, 9.17) is 11.6 Å². The number of amides is 1. The van der Waals surface area contributed by atoms with Gasteiger partial charge in [0.15, 0.2) is 0 Å².